The van der Waals surface area contributed by atoms with E-state index in [-0.39, 0.29) is 29.0 Å². The third-order valence-corrected chi connectivity index (χ3v) is 9.32. The number of piperazine rings is 1. The standard InChI is InChI=1S/C26H36N2O4/c1-25-7-4-8-26(17-31-26)23(25)14-20-21(24(29)32-22(20)15-25)16-27-9-11-28(12-10-27)18-5-3-6-19(13-18)30-2/h3,5-6,13,20-23H,4,7-12,14-17H2,1-2H3. The molecule has 0 radical (unpaired) electrons. The van der Waals surface area contributed by atoms with Gasteiger partial charge in [-0.15, -0.1) is 0 Å². The number of hydrogen-bond acceptors (Lipinski definition) is 6. The maximum Gasteiger partial charge on any atom is 0.310 e. The average Bonchev–Trinajstić information content (AvgIpc) is 3.51. The molecule has 6 heteroatoms. The zero-order chi connectivity index (χ0) is 21.9. The molecule has 0 amide bonds. The lowest BCUT2D eigenvalue weighted by molar-refractivity contribution is -0.147. The number of nitrogens with zero attached hydrogens (tertiary/aromatic N) is 2. The van der Waals surface area contributed by atoms with E-state index in [0.29, 0.717) is 11.8 Å². The first kappa shape index (κ1) is 20.8. The number of carbonyl (C=O) groups is 1. The highest BCUT2D eigenvalue weighted by Gasteiger charge is 2.65. The Hall–Kier alpha value is -1.79. The number of methoxy groups -OCH3 is 1. The SMILES string of the molecule is COc1cccc(N2CCN(CC3C(=O)OC4CC5(C)CCCC6(CO6)C5CC43)CC2)c1. The van der Waals surface area contributed by atoms with Crippen molar-refractivity contribution in [1.29, 1.82) is 0 Å². The van der Waals surface area contributed by atoms with Gasteiger partial charge in [-0.05, 0) is 55.6 Å². The molecule has 3 aliphatic heterocycles. The van der Waals surface area contributed by atoms with Crippen molar-refractivity contribution in [3.05, 3.63) is 24.3 Å². The van der Waals surface area contributed by atoms with Gasteiger partial charge in [0.1, 0.15) is 11.9 Å². The van der Waals surface area contributed by atoms with Crippen LogP contribution in [0.15, 0.2) is 24.3 Å². The quantitative estimate of drug-likeness (QED) is 0.529. The second-order valence-electron chi connectivity index (χ2n) is 11.1. The van der Waals surface area contributed by atoms with Crippen molar-refractivity contribution >= 4 is 11.7 Å². The zero-order valence-electron chi connectivity index (χ0n) is 19.4. The van der Waals surface area contributed by atoms with Crippen LogP contribution >= 0.6 is 0 Å². The van der Waals surface area contributed by atoms with Gasteiger partial charge in [0.05, 0.1) is 25.2 Å². The van der Waals surface area contributed by atoms with Crippen LogP contribution in [0.3, 0.4) is 0 Å². The molecule has 0 N–H and O–H groups in total. The summed E-state index contributed by atoms with van der Waals surface area (Å²) < 4.78 is 17.4. The topological polar surface area (TPSA) is 54.5 Å². The van der Waals surface area contributed by atoms with E-state index in [9.17, 15) is 4.79 Å². The van der Waals surface area contributed by atoms with Gasteiger partial charge in [-0.25, -0.2) is 0 Å². The molecular weight excluding hydrogens is 404 g/mol. The molecule has 6 nitrogen and oxygen atoms in total. The molecule has 6 unspecified atom stereocenters. The van der Waals surface area contributed by atoms with Crippen molar-refractivity contribution in [2.75, 3.05) is 51.3 Å². The van der Waals surface area contributed by atoms with Crippen molar-refractivity contribution in [2.24, 2.45) is 23.2 Å². The van der Waals surface area contributed by atoms with Crippen LogP contribution in [-0.2, 0) is 14.3 Å². The molecule has 6 rings (SSSR count). The third kappa shape index (κ3) is 3.41. The maximum absolute atomic E-state index is 13.0. The number of rotatable bonds is 4. The minimum absolute atomic E-state index is 0.0191. The van der Waals surface area contributed by atoms with Gasteiger partial charge in [0, 0.05) is 50.4 Å². The van der Waals surface area contributed by atoms with E-state index >= 15 is 0 Å². The van der Waals surface area contributed by atoms with Crippen LogP contribution in [0.25, 0.3) is 0 Å². The largest absolute Gasteiger partial charge is 0.497 e. The molecule has 1 aromatic rings. The van der Waals surface area contributed by atoms with Crippen molar-refractivity contribution in [3.63, 3.8) is 0 Å². The molecule has 5 aliphatic rings. The molecule has 32 heavy (non-hydrogen) atoms. The lowest BCUT2D eigenvalue weighted by Gasteiger charge is -2.51. The summed E-state index contributed by atoms with van der Waals surface area (Å²) in [4.78, 5) is 17.8. The highest BCUT2D eigenvalue weighted by Crippen LogP contribution is 2.62. The van der Waals surface area contributed by atoms with Crippen LogP contribution in [-0.4, -0.2) is 69.0 Å². The smallest absolute Gasteiger partial charge is 0.310 e. The second kappa shape index (κ2) is 7.63. The Bertz CT molecular complexity index is 878. The molecule has 0 aromatic heterocycles. The molecule has 3 heterocycles. The Balaban J connectivity index is 1.11. The Labute approximate surface area is 191 Å². The second-order valence-corrected chi connectivity index (χ2v) is 11.1. The summed E-state index contributed by atoms with van der Waals surface area (Å²) in [5, 5.41) is 0. The highest BCUT2D eigenvalue weighted by atomic mass is 16.6. The molecule has 174 valence electrons. The number of anilines is 1. The van der Waals surface area contributed by atoms with E-state index < -0.39 is 0 Å². The lowest BCUT2D eigenvalue weighted by Crippen LogP contribution is -2.52. The number of fused-ring (bicyclic) bond motifs is 3. The Morgan fingerprint density at radius 1 is 1.19 bits per heavy atom. The zero-order valence-corrected chi connectivity index (χ0v) is 19.4. The van der Waals surface area contributed by atoms with Crippen LogP contribution < -0.4 is 9.64 Å². The number of benzene rings is 1. The molecular formula is C26H36N2O4. The summed E-state index contributed by atoms with van der Waals surface area (Å²) in [6, 6.07) is 8.29. The van der Waals surface area contributed by atoms with Crippen LogP contribution in [0, 0.1) is 23.2 Å². The monoisotopic (exact) mass is 440 g/mol. The van der Waals surface area contributed by atoms with Crippen LogP contribution in [0.2, 0.25) is 0 Å². The highest BCUT2D eigenvalue weighted by molar-refractivity contribution is 5.75. The van der Waals surface area contributed by atoms with Crippen molar-refractivity contribution in [1.82, 2.24) is 4.90 Å². The predicted octanol–water partition coefficient (Wildman–Crippen LogP) is 3.34. The van der Waals surface area contributed by atoms with Gasteiger partial charge >= 0.3 is 5.97 Å². The average molecular weight is 441 g/mol. The first-order valence-corrected chi connectivity index (χ1v) is 12.5. The summed E-state index contributed by atoms with van der Waals surface area (Å²) in [7, 11) is 1.71. The molecule has 3 saturated heterocycles. The maximum atomic E-state index is 13.0. The van der Waals surface area contributed by atoms with E-state index in [1.807, 2.05) is 12.1 Å². The van der Waals surface area contributed by atoms with Crippen molar-refractivity contribution in [3.8, 4) is 5.75 Å². The van der Waals surface area contributed by atoms with Crippen LogP contribution in [0.4, 0.5) is 5.69 Å². The van der Waals surface area contributed by atoms with Gasteiger partial charge in [0.15, 0.2) is 0 Å². The van der Waals surface area contributed by atoms with Gasteiger partial charge in [-0.3, -0.25) is 9.69 Å². The minimum Gasteiger partial charge on any atom is -0.497 e. The number of carbonyl (C=O) groups excluding carboxylic acids is 1. The first-order valence-electron chi connectivity index (χ1n) is 12.5. The summed E-state index contributed by atoms with van der Waals surface area (Å²) in [6.07, 6.45) is 5.94. The molecule has 1 spiro atoms. The number of hydrogen-bond donors (Lipinski definition) is 0. The Kier molecular flexibility index (Phi) is 4.95. The summed E-state index contributed by atoms with van der Waals surface area (Å²) in [6.45, 7) is 8.09. The number of ether oxygens (including phenoxy) is 3. The van der Waals surface area contributed by atoms with E-state index in [1.165, 1.54) is 24.9 Å². The fraction of sp³-hybridized carbons (Fsp3) is 0.731. The Morgan fingerprint density at radius 3 is 2.75 bits per heavy atom. The summed E-state index contributed by atoms with van der Waals surface area (Å²) in [5.74, 6) is 1.91. The minimum atomic E-state index is 0.0191. The molecule has 5 fully saturated rings. The van der Waals surface area contributed by atoms with Crippen LogP contribution in [0.5, 0.6) is 5.75 Å². The molecule has 0 bridgehead atoms. The third-order valence-electron chi connectivity index (χ3n) is 9.32. The van der Waals surface area contributed by atoms with Gasteiger partial charge in [0.2, 0.25) is 0 Å². The summed E-state index contributed by atoms with van der Waals surface area (Å²) >= 11 is 0. The molecule has 2 aliphatic carbocycles. The van der Waals surface area contributed by atoms with Crippen molar-refractivity contribution in [2.45, 2.75) is 50.7 Å². The number of esters is 1. The van der Waals surface area contributed by atoms with Gasteiger partial charge < -0.3 is 19.1 Å². The molecule has 1 aromatic carbocycles. The molecule has 6 atom stereocenters. The van der Waals surface area contributed by atoms with Crippen LogP contribution in [0.1, 0.15) is 39.0 Å². The van der Waals surface area contributed by atoms with Gasteiger partial charge in [-0.2, -0.15) is 0 Å². The normalized spacial score (nSPS) is 41.2. The number of epoxide rings is 1. The van der Waals surface area contributed by atoms with E-state index in [4.69, 9.17) is 14.2 Å². The Morgan fingerprint density at radius 2 is 2.00 bits per heavy atom. The fourth-order valence-corrected chi connectivity index (χ4v) is 7.44. The molecule has 2 saturated carbocycles. The predicted molar refractivity (Wildman–Crippen MR) is 122 cm³/mol. The fourth-order valence-electron chi connectivity index (χ4n) is 7.44. The summed E-state index contributed by atoms with van der Waals surface area (Å²) in [5.41, 5.74) is 1.60. The van der Waals surface area contributed by atoms with Gasteiger partial charge in [-0.1, -0.05) is 13.0 Å². The van der Waals surface area contributed by atoms with E-state index in [2.05, 4.69) is 28.9 Å². The lowest BCUT2D eigenvalue weighted by atomic mass is 9.53. The van der Waals surface area contributed by atoms with Gasteiger partial charge in [0.25, 0.3) is 0 Å². The van der Waals surface area contributed by atoms with Crippen molar-refractivity contribution < 1.29 is 19.0 Å². The van der Waals surface area contributed by atoms with E-state index in [1.54, 1.807) is 7.11 Å². The van der Waals surface area contributed by atoms with E-state index in [0.717, 1.165) is 57.9 Å². The first-order chi connectivity index (χ1) is 15.5.